The van der Waals surface area contributed by atoms with E-state index in [9.17, 15) is 13.0 Å². The Kier molecular flexibility index (Phi) is 6.58. The average Bonchev–Trinajstić information content (AvgIpc) is 3.27. The first-order valence-electron chi connectivity index (χ1n) is 9.51. The van der Waals surface area contributed by atoms with Gasteiger partial charge in [-0.2, -0.15) is 9.97 Å². The van der Waals surface area contributed by atoms with Gasteiger partial charge < -0.3 is 19.2 Å². The van der Waals surface area contributed by atoms with E-state index in [2.05, 4.69) is 29.6 Å². The lowest BCUT2D eigenvalue weighted by atomic mass is 10.1. The van der Waals surface area contributed by atoms with Crippen molar-refractivity contribution in [3.8, 4) is 28.9 Å². The van der Waals surface area contributed by atoms with Gasteiger partial charge in [0.15, 0.2) is 16.8 Å². The van der Waals surface area contributed by atoms with Crippen LogP contribution in [0.5, 0.6) is 17.5 Å². The Morgan fingerprint density at radius 2 is 1.82 bits per heavy atom. The van der Waals surface area contributed by atoms with E-state index >= 15 is 0 Å². The lowest BCUT2D eigenvalue weighted by molar-refractivity contribution is 0.240. The number of benzene rings is 1. The van der Waals surface area contributed by atoms with Gasteiger partial charge in [-0.3, -0.25) is 4.72 Å². The van der Waals surface area contributed by atoms with Crippen LogP contribution in [0.2, 0.25) is 0 Å². The summed E-state index contributed by atoms with van der Waals surface area (Å²) in [5.41, 5.74) is 0.544. The molecule has 1 atom stereocenters. The molecule has 0 radical (unpaired) electrons. The number of nitrogens with zero attached hydrogens (tertiary/aromatic N) is 4. The van der Waals surface area contributed by atoms with E-state index in [-0.39, 0.29) is 41.5 Å². The topological polar surface area (TPSA) is 124 Å². The first-order valence-corrected chi connectivity index (χ1v) is 10.7. The number of methoxy groups -OCH3 is 2. The van der Waals surface area contributed by atoms with Gasteiger partial charge in [0.1, 0.15) is 19.1 Å². The van der Waals surface area contributed by atoms with Crippen molar-refractivity contribution in [2.24, 2.45) is 0 Å². The summed E-state index contributed by atoms with van der Waals surface area (Å²) in [6.45, 7) is -0.971. The first-order chi connectivity index (χ1) is 16.1. The SMILES string of the molecule is COc1nc(NS(=O)c2c[nH]c3c(-c4ncccn4)c(F)ccc23)nc(OC)c1OCCF. The molecule has 0 amide bonds. The van der Waals surface area contributed by atoms with Gasteiger partial charge in [0.2, 0.25) is 11.7 Å². The molecule has 0 spiro atoms. The highest BCUT2D eigenvalue weighted by atomic mass is 32.2. The zero-order chi connectivity index (χ0) is 23.4. The van der Waals surface area contributed by atoms with Crippen LogP contribution < -0.4 is 18.9 Å². The Morgan fingerprint density at radius 3 is 2.45 bits per heavy atom. The molecule has 10 nitrogen and oxygen atoms in total. The molecule has 0 aliphatic heterocycles. The fraction of sp³-hybridized carbons (Fsp3) is 0.200. The molecule has 4 rings (SSSR count). The Balaban J connectivity index is 1.69. The van der Waals surface area contributed by atoms with Crippen LogP contribution in [0.1, 0.15) is 0 Å². The molecule has 33 heavy (non-hydrogen) atoms. The molecule has 2 N–H and O–H groups in total. The van der Waals surface area contributed by atoms with Crippen LogP contribution >= 0.6 is 0 Å². The number of fused-ring (bicyclic) bond motifs is 1. The molecule has 0 aliphatic carbocycles. The summed E-state index contributed by atoms with van der Waals surface area (Å²) in [7, 11) is 0.816. The maximum Gasteiger partial charge on any atom is 0.265 e. The lowest BCUT2D eigenvalue weighted by Crippen LogP contribution is -2.11. The fourth-order valence-corrected chi connectivity index (χ4v) is 3.99. The molecule has 4 aromatic rings. The fourth-order valence-electron chi connectivity index (χ4n) is 3.08. The second kappa shape index (κ2) is 9.73. The minimum atomic E-state index is -1.86. The Bertz CT molecular complexity index is 1280. The molecule has 172 valence electrons. The van der Waals surface area contributed by atoms with E-state index in [1.807, 2.05) is 0 Å². The number of aromatic nitrogens is 5. The van der Waals surface area contributed by atoms with Gasteiger partial charge in [0.25, 0.3) is 11.8 Å². The number of ether oxygens (including phenoxy) is 3. The van der Waals surface area contributed by atoms with E-state index in [4.69, 9.17) is 14.2 Å². The average molecular weight is 476 g/mol. The highest BCUT2D eigenvalue weighted by molar-refractivity contribution is 7.86. The van der Waals surface area contributed by atoms with E-state index in [0.717, 1.165) is 0 Å². The quantitative estimate of drug-likeness (QED) is 0.378. The first kappa shape index (κ1) is 22.3. The number of nitrogens with one attached hydrogen (secondary N) is 2. The van der Waals surface area contributed by atoms with E-state index < -0.39 is 23.5 Å². The standard InChI is InChI=1S/C20H18F2N6O4S/c1-30-18-16(32-9-6-21)19(31-2)27-20(26-18)28-33(29)13-10-25-15-11(13)4-5-12(22)14(15)17-23-7-3-8-24-17/h3-5,7-8,10,25H,6,9H2,1-2H3,(H,26,27,28). The highest BCUT2D eigenvalue weighted by Gasteiger charge is 2.22. The minimum absolute atomic E-state index is 0.0176. The van der Waals surface area contributed by atoms with Gasteiger partial charge in [0, 0.05) is 24.0 Å². The van der Waals surface area contributed by atoms with Crippen molar-refractivity contribution < 1.29 is 27.2 Å². The molecule has 0 bridgehead atoms. The number of halogens is 2. The number of aromatic amines is 1. The van der Waals surface area contributed by atoms with Crippen LogP contribution in [0, 0.1) is 5.82 Å². The van der Waals surface area contributed by atoms with Crippen molar-refractivity contribution in [1.29, 1.82) is 0 Å². The molecule has 0 saturated heterocycles. The summed E-state index contributed by atoms with van der Waals surface area (Å²) in [5, 5.41) is 0.492. The van der Waals surface area contributed by atoms with Crippen molar-refractivity contribution >= 4 is 27.8 Å². The number of hydrogen-bond acceptors (Lipinski definition) is 8. The Hall–Kier alpha value is -3.87. The molecule has 0 saturated carbocycles. The normalized spacial score (nSPS) is 11.9. The summed E-state index contributed by atoms with van der Waals surface area (Å²) >= 11 is 0. The maximum absolute atomic E-state index is 14.6. The smallest absolute Gasteiger partial charge is 0.265 e. The molecular formula is C20H18F2N6O4S. The van der Waals surface area contributed by atoms with Crippen LogP contribution in [0.25, 0.3) is 22.3 Å². The van der Waals surface area contributed by atoms with Crippen LogP contribution in [0.15, 0.2) is 41.7 Å². The van der Waals surface area contributed by atoms with Gasteiger partial charge in [0.05, 0.1) is 30.2 Å². The van der Waals surface area contributed by atoms with E-state index in [1.54, 1.807) is 6.07 Å². The van der Waals surface area contributed by atoms with Crippen LogP contribution in [-0.4, -0.2) is 56.6 Å². The van der Waals surface area contributed by atoms with Gasteiger partial charge in [-0.05, 0) is 18.2 Å². The second-order valence-corrected chi connectivity index (χ2v) is 7.55. The molecule has 0 aliphatic rings. The minimum Gasteiger partial charge on any atom is -0.481 e. The molecule has 0 fully saturated rings. The monoisotopic (exact) mass is 476 g/mol. The third-order valence-electron chi connectivity index (χ3n) is 4.45. The van der Waals surface area contributed by atoms with Crippen molar-refractivity contribution in [3.05, 3.63) is 42.6 Å². The van der Waals surface area contributed by atoms with E-state index in [1.165, 1.54) is 44.9 Å². The van der Waals surface area contributed by atoms with Gasteiger partial charge in [-0.15, -0.1) is 0 Å². The third-order valence-corrected chi connectivity index (χ3v) is 5.56. The van der Waals surface area contributed by atoms with Crippen LogP contribution in [0.3, 0.4) is 0 Å². The highest BCUT2D eigenvalue weighted by Crippen LogP contribution is 2.36. The Labute approximate surface area is 189 Å². The predicted molar refractivity (Wildman–Crippen MR) is 116 cm³/mol. The van der Waals surface area contributed by atoms with Gasteiger partial charge in [-0.1, -0.05) is 0 Å². The van der Waals surface area contributed by atoms with Crippen molar-refractivity contribution in [2.45, 2.75) is 4.90 Å². The number of rotatable bonds is 9. The zero-order valence-corrected chi connectivity index (χ0v) is 18.3. The summed E-state index contributed by atoms with van der Waals surface area (Å²) in [6, 6.07) is 4.37. The van der Waals surface area contributed by atoms with Crippen molar-refractivity contribution in [2.75, 3.05) is 32.2 Å². The molecule has 1 aromatic carbocycles. The van der Waals surface area contributed by atoms with Gasteiger partial charge >= 0.3 is 0 Å². The molecule has 1 unspecified atom stereocenters. The van der Waals surface area contributed by atoms with Crippen molar-refractivity contribution in [1.82, 2.24) is 24.9 Å². The van der Waals surface area contributed by atoms with Crippen molar-refractivity contribution in [3.63, 3.8) is 0 Å². The van der Waals surface area contributed by atoms with E-state index in [0.29, 0.717) is 15.8 Å². The summed E-state index contributed by atoms with van der Waals surface area (Å²) < 4.78 is 58.4. The molecule has 13 heteroatoms. The second-order valence-electron chi connectivity index (χ2n) is 6.37. The van der Waals surface area contributed by atoms with Crippen LogP contribution in [-0.2, 0) is 11.0 Å². The number of hydrogen-bond donors (Lipinski definition) is 2. The molecule has 3 heterocycles. The predicted octanol–water partition coefficient (Wildman–Crippen LogP) is 3.05. The zero-order valence-electron chi connectivity index (χ0n) is 17.5. The Morgan fingerprint density at radius 1 is 1.12 bits per heavy atom. The maximum atomic E-state index is 14.6. The summed E-state index contributed by atoms with van der Waals surface area (Å²) in [6.07, 6.45) is 4.49. The largest absolute Gasteiger partial charge is 0.481 e. The van der Waals surface area contributed by atoms with Gasteiger partial charge in [-0.25, -0.2) is 23.0 Å². The number of anilines is 1. The number of H-pyrrole nitrogens is 1. The summed E-state index contributed by atoms with van der Waals surface area (Å²) in [4.78, 5) is 19.7. The molecule has 3 aromatic heterocycles. The summed E-state index contributed by atoms with van der Waals surface area (Å²) in [5.74, 6) is -0.461. The lowest BCUT2D eigenvalue weighted by Gasteiger charge is -2.13. The third kappa shape index (κ3) is 4.39. The van der Waals surface area contributed by atoms with Crippen LogP contribution in [0.4, 0.5) is 14.7 Å². The number of alkyl halides is 1. The molecular weight excluding hydrogens is 458 g/mol.